The van der Waals surface area contributed by atoms with Gasteiger partial charge in [0.15, 0.2) is 5.65 Å². The quantitative estimate of drug-likeness (QED) is 0.455. The van der Waals surface area contributed by atoms with Gasteiger partial charge in [0.1, 0.15) is 18.0 Å². The molecule has 4 rings (SSSR count). The molecule has 3 N–H and O–H groups in total. The van der Waals surface area contributed by atoms with Crippen LogP contribution in [0.15, 0.2) is 61.1 Å². The molecule has 30 heavy (non-hydrogen) atoms. The van der Waals surface area contributed by atoms with E-state index in [1.54, 1.807) is 19.1 Å². The highest BCUT2D eigenvalue weighted by molar-refractivity contribution is 6.02. The van der Waals surface area contributed by atoms with Gasteiger partial charge in [-0.3, -0.25) is 0 Å². The Morgan fingerprint density at radius 2 is 1.80 bits per heavy atom. The largest absolute Gasteiger partial charge is 0.394 e. The van der Waals surface area contributed by atoms with Crippen molar-refractivity contribution in [3.05, 3.63) is 72.4 Å². The minimum atomic E-state index is -0.965. The van der Waals surface area contributed by atoms with Gasteiger partial charge in [0.25, 0.3) is 0 Å². The molecule has 0 fully saturated rings. The van der Waals surface area contributed by atoms with Crippen molar-refractivity contribution in [3.63, 3.8) is 0 Å². The van der Waals surface area contributed by atoms with Gasteiger partial charge in [0.05, 0.1) is 24.1 Å². The lowest BCUT2D eigenvalue weighted by molar-refractivity contribution is 0.147. The molecule has 0 aliphatic heterocycles. The van der Waals surface area contributed by atoms with Crippen molar-refractivity contribution >= 4 is 16.9 Å². The topological polar surface area (TPSA) is 83.2 Å². The van der Waals surface area contributed by atoms with Crippen molar-refractivity contribution in [1.82, 2.24) is 14.5 Å². The van der Waals surface area contributed by atoms with Crippen LogP contribution >= 0.6 is 0 Å². The summed E-state index contributed by atoms with van der Waals surface area (Å²) in [7, 11) is 0. The Labute approximate surface area is 173 Å². The molecule has 0 saturated heterocycles. The normalized spacial score (nSPS) is 11.8. The predicted molar refractivity (Wildman–Crippen MR) is 115 cm³/mol. The molecule has 0 atom stereocenters. The number of aliphatic hydroxyl groups excluding tert-OH is 2. The summed E-state index contributed by atoms with van der Waals surface area (Å²) in [5, 5.41) is 23.4. The summed E-state index contributed by atoms with van der Waals surface area (Å²) in [6, 6.07) is 14.3. The molecule has 2 aromatic heterocycles. The van der Waals surface area contributed by atoms with Gasteiger partial charge >= 0.3 is 0 Å². The SMILES string of the molecule is Cc1cccc(-n2cc(-c3ccc(F)cc3)c3c(NC(C)(CO)CO)ncnc32)c1. The van der Waals surface area contributed by atoms with Gasteiger partial charge in [0.2, 0.25) is 0 Å². The fourth-order valence-electron chi connectivity index (χ4n) is 3.39. The number of nitrogens with zero attached hydrogens (tertiary/aromatic N) is 3. The molecule has 0 amide bonds. The van der Waals surface area contributed by atoms with Crippen LogP contribution in [0.4, 0.5) is 10.2 Å². The maximum atomic E-state index is 13.5. The van der Waals surface area contributed by atoms with Gasteiger partial charge in [-0.05, 0) is 49.2 Å². The van der Waals surface area contributed by atoms with Crippen molar-refractivity contribution in [3.8, 4) is 16.8 Å². The molecule has 7 heteroatoms. The Morgan fingerprint density at radius 1 is 1.07 bits per heavy atom. The minimum absolute atomic E-state index is 0.278. The number of hydrogen-bond donors (Lipinski definition) is 3. The molecule has 0 radical (unpaired) electrons. The maximum absolute atomic E-state index is 13.5. The zero-order valence-electron chi connectivity index (χ0n) is 16.8. The fraction of sp³-hybridized carbons (Fsp3) is 0.217. The lowest BCUT2D eigenvalue weighted by atomic mass is 10.0. The molecule has 0 unspecified atom stereocenters. The smallest absolute Gasteiger partial charge is 0.150 e. The standard InChI is InChI=1S/C23H23FN4O2/c1-15-4-3-5-18(10-15)28-11-19(16-6-8-17(24)9-7-16)20-21(25-14-26-22(20)28)27-23(2,12-29)13-30/h3-11,14,29-30H,12-13H2,1-2H3,(H,25,26,27). The first-order valence-electron chi connectivity index (χ1n) is 9.63. The highest BCUT2D eigenvalue weighted by Gasteiger charge is 2.26. The number of fused-ring (bicyclic) bond motifs is 1. The van der Waals surface area contributed by atoms with E-state index in [2.05, 4.69) is 21.4 Å². The first-order valence-corrected chi connectivity index (χ1v) is 9.63. The summed E-state index contributed by atoms with van der Waals surface area (Å²) < 4.78 is 15.5. The number of nitrogens with one attached hydrogen (secondary N) is 1. The molecule has 2 aromatic carbocycles. The second kappa shape index (κ2) is 7.85. The van der Waals surface area contributed by atoms with Gasteiger partial charge in [0, 0.05) is 17.4 Å². The third-order valence-corrected chi connectivity index (χ3v) is 5.14. The monoisotopic (exact) mass is 406 g/mol. The lowest BCUT2D eigenvalue weighted by Crippen LogP contribution is -2.42. The Hall–Kier alpha value is -3.29. The summed E-state index contributed by atoms with van der Waals surface area (Å²) in [6.45, 7) is 3.17. The van der Waals surface area contributed by atoms with Crippen LogP contribution in [-0.2, 0) is 0 Å². The number of hydrogen-bond acceptors (Lipinski definition) is 5. The molecule has 2 heterocycles. The summed E-state index contributed by atoms with van der Waals surface area (Å²) in [6.07, 6.45) is 3.39. The van der Waals surface area contributed by atoms with E-state index in [1.165, 1.54) is 18.5 Å². The fourth-order valence-corrected chi connectivity index (χ4v) is 3.39. The Bertz CT molecular complexity index is 1180. The molecule has 0 bridgehead atoms. The second-order valence-corrected chi connectivity index (χ2v) is 7.68. The van der Waals surface area contributed by atoms with Gasteiger partial charge < -0.3 is 20.1 Å². The van der Waals surface area contributed by atoms with Crippen molar-refractivity contribution in [2.45, 2.75) is 19.4 Å². The third-order valence-electron chi connectivity index (χ3n) is 5.14. The Kier molecular flexibility index (Phi) is 5.24. The van der Waals surface area contributed by atoms with Crippen LogP contribution < -0.4 is 5.32 Å². The number of aliphatic hydroxyl groups is 2. The predicted octanol–water partition coefficient (Wildman–Crippen LogP) is 3.69. The first kappa shape index (κ1) is 20.0. The lowest BCUT2D eigenvalue weighted by Gasteiger charge is -2.27. The van der Waals surface area contributed by atoms with Crippen LogP contribution in [-0.4, -0.2) is 43.5 Å². The summed E-state index contributed by atoms with van der Waals surface area (Å²) in [5.74, 6) is 0.167. The van der Waals surface area contributed by atoms with E-state index in [1.807, 2.05) is 35.9 Å². The van der Waals surface area contributed by atoms with Gasteiger partial charge in [-0.1, -0.05) is 24.3 Å². The average molecular weight is 406 g/mol. The van der Waals surface area contributed by atoms with E-state index in [-0.39, 0.29) is 19.0 Å². The zero-order chi connectivity index (χ0) is 21.3. The van der Waals surface area contributed by atoms with Crippen LogP contribution in [0, 0.1) is 12.7 Å². The number of aromatic nitrogens is 3. The summed E-state index contributed by atoms with van der Waals surface area (Å²) in [4.78, 5) is 8.89. The van der Waals surface area contributed by atoms with Crippen LogP contribution in [0.2, 0.25) is 0 Å². The third kappa shape index (κ3) is 3.65. The van der Waals surface area contributed by atoms with Crippen LogP contribution in [0.5, 0.6) is 0 Å². The minimum Gasteiger partial charge on any atom is -0.394 e. The van der Waals surface area contributed by atoms with Crippen molar-refractivity contribution in [2.75, 3.05) is 18.5 Å². The Morgan fingerprint density at radius 3 is 2.47 bits per heavy atom. The molecular formula is C23H23FN4O2. The molecule has 4 aromatic rings. The molecule has 6 nitrogen and oxygen atoms in total. The molecule has 154 valence electrons. The first-order chi connectivity index (χ1) is 14.4. The summed E-state index contributed by atoms with van der Waals surface area (Å²) in [5.41, 5.74) is 3.36. The summed E-state index contributed by atoms with van der Waals surface area (Å²) >= 11 is 0. The molecule has 0 aliphatic rings. The number of aryl methyl sites for hydroxylation is 1. The average Bonchev–Trinajstić information content (AvgIpc) is 3.15. The maximum Gasteiger partial charge on any atom is 0.150 e. The van der Waals surface area contributed by atoms with E-state index in [0.29, 0.717) is 11.5 Å². The van der Waals surface area contributed by atoms with Gasteiger partial charge in [-0.2, -0.15) is 0 Å². The number of halogens is 1. The van der Waals surface area contributed by atoms with Gasteiger partial charge in [-0.25, -0.2) is 14.4 Å². The van der Waals surface area contributed by atoms with Crippen molar-refractivity contribution < 1.29 is 14.6 Å². The molecule has 0 aliphatic carbocycles. The van der Waals surface area contributed by atoms with Crippen LogP contribution in [0.25, 0.3) is 27.8 Å². The molecule has 0 spiro atoms. The van der Waals surface area contributed by atoms with E-state index >= 15 is 0 Å². The van der Waals surface area contributed by atoms with E-state index in [0.717, 1.165) is 27.8 Å². The van der Waals surface area contributed by atoms with Crippen molar-refractivity contribution in [1.29, 1.82) is 0 Å². The highest BCUT2D eigenvalue weighted by Crippen LogP contribution is 2.36. The van der Waals surface area contributed by atoms with E-state index < -0.39 is 5.54 Å². The molecular weight excluding hydrogens is 383 g/mol. The van der Waals surface area contributed by atoms with E-state index in [4.69, 9.17) is 0 Å². The zero-order valence-corrected chi connectivity index (χ0v) is 16.8. The van der Waals surface area contributed by atoms with E-state index in [9.17, 15) is 14.6 Å². The number of benzene rings is 2. The Balaban J connectivity index is 1.99. The molecule has 0 saturated carbocycles. The number of anilines is 1. The van der Waals surface area contributed by atoms with Gasteiger partial charge in [-0.15, -0.1) is 0 Å². The van der Waals surface area contributed by atoms with Crippen LogP contribution in [0.1, 0.15) is 12.5 Å². The van der Waals surface area contributed by atoms with Crippen molar-refractivity contribution in [2.24, 2.45) is 0 Å². The second-order valence-electron chi connectivity index (χ2n) is 7.68. The number of rotatable bonds is 6. The highest BCUT2D eigenvalue weighted by atomic mass is 19.1. The van der Waals surface area contributed by atoms with Crippen LogP contribution in [0.3, 0.4) is 0 Å².